The van der Waals surface area contributed by atoms with Gasteiger partial charge in [0.2, 0.25) is 0 Å². The summed E-state index contributed by atoms with van der Waals surface area (Å²) in [5.41, 5.74) is 6.25. The van der Waals surface area contributed by atoms with E-state index in [-0.39, 0.29) is 6.04 Å². The van der Waals surface area contributed by atoms with Crippen molar-refractivity contribution in [2.75, 3.05) is 0 Å². The average Bonchev–Trinajstić information content (AvgIpc) is 2.83. The standard InChI is InChI=1S/C13H15ClN2S/c1-9-3-2-4-11(13(9)14)12(16-15)7-10-5-6-17-8-10/h2-6,8,12,16H,7,15H2,1H3. The summed E-state index contributed by atoms with van der Waals surface area (Å²) in [5, 5.41) is 5.00. The van der Waals surface area contributed by atoms with Crippen LogP contribution in [0.15, 0.2) is 35.0 Å². The molecule has 2 aromatic rings. The van der Waals surface area contributed by atoms with Gasteiger partial charge in [-0.05, 0) is 46.9 Å². The number of aryl methyl sites for hydroxylation is 1. The van der Waals surface area contributed by atoms with Crippen molar-refractivity contribution in [2.24, 2.45) is 5.84 Å². The molecule has 0 bridgehead atoms. The Morgan fingerprint density at radius 1 is 1.41 bits per heavy atom. The Hall–Kier alpha value is -0.870. The summed E-state index contributed by atoms with van der Waals surface area (Å²) in [4.78, 5) is 0. The zero-order chi connectivity index (χ0) is 12.3. The quantitative estimate of drug-likeness (QED) is 0.657. The number of thiophene rings is 1. The Labute approximate surface area is 110 Å². The number of nitrogens with one attached hydrogen (secondary N) is 1. The van der Waals surface area contributed by atoms with Crippen LogP contribution >= 0.6 is 22.9 Å². The van der Waals surface area contributed by atoms with Crippen LogP contribution in [0, 0.1) is 6.92 Å². The van der Waals surface area contributed by atoms with Crippen molar-refractivity contribution in [3.63, 3.8) is 0 Å². The van der Waals surface area contributed by atoms with Gasteiger partial charge in [0.1, 0.15) is 0 Å². The second kappa shape index (κ2) is 5.65. The van der Waals surface area contributed by atoms with Gasteiger partial charge in [-0.2, -0.15) is 11.3 Å². The first-order valence-corrected chi connectivity index (χ1v) is 6.76. The van der Waals surface area contributed by atoms with Gasteiger partial charge in [0.15, 0.2) is 0 Å². The highest BCUT2D eigenvalue weighted by molar-refractivity contribution is 7.07. The van der Waals surface area contributed by atoms with Crippen molar-refractivity contribution < 1.29 is 0 Å². The molecule has 0 spiro atoms. The van der Waals surface area contributed by atoms with Gasteiger partial charge in [-0.15, -0.1) is 0 Å². The maximum Gasteiger partial charge on any atom is 0.0515 e. The SMILES string of the molecule is Cc1cccc(C(Cc2ccsc2)NN)c1Cl. The molecule has 0 aliphatic heterocycles. The van der Waals surface area contributed by atoms with E-state index in [1.165, 1.54) is 5.56 Å². The fraction of sp³-hybridized carbons (Fsp3) is 0.231. The minimum atomic E-state index is 0.0528. The third kappa shape index (κ3) is 2.87. The first-order valence-electron chi connectivity index (χ1n) is 5.44. The zero-order valence-corrected chi connectivity index (χ0v) is 11.2. The third-order valence-electron chi connectivity index (χ3n) is 2.82. The van der Waals surface area contributed by atoms with Gasteiger partial charge in [0.05, 0.1) is 6.04 Å². The van der Waals surface area contributed by atoms with E-state index >= 15 is 0 Å². The van der Waals surface area contributed by atoms with Crippen molar-refractivity contribution in [1.82, 2.24) is 5.43 Å². The van der Waals surface area contributed by atoms with Gasteiger partial charge in [-0.25, -0.2) is 0 Å². The molecule has 0 aliphatic carbocycles. The minimum absolute atomic E-state index is 0.0528. The molecular weight excluding hydrogens is 252 g/mol. The zero-order valence-electron chi connectivity index (χ0n) is 9.61. The second-order valence-corrected chi connectivity index (χ2v) is 5.19. The maximum absolute atomic E-state index is 6.31. The van der Waals surface area contributed by atoms with E-state index in [9.17, 15) is 0 Å². The average molecular weight is 267 g/mol. The molecular formula is C13H15ClN2S. The molecule has 17 heavy (non-hydrogen) atoms. The predicted molar refractivity (Wildman–Crippen MR) is 74.3 cm³/mol. The molecule has 2 rings (SSSR count). The summed E-state index contributed by atoms with van der Waals surface area (Å²) < 4.78 is 0. The number of hydrogen-bond donors (Lipinski definition) is 2. The second-order valence-electron chi connectivity index (χ2n) is 4.03. The molecule has 1 atom stereocenters. The van der Waals surface area contributed by atoms with Crippen LogP contribution in [0.1, 0.15) is 22.7 Å². The number of hydrazine groups is 1. The molecule has 0 radical (unpaired) electrons. The van der Waals surface area contributed by atoms with E-state index in [1.807, 2.05) is 25.1 Å². The lowest BCUT2D eigenvalue weighted by Gasteiger charge is -2.18. The van der Waals surface area contributed by atoms with Gasteiger partial charge >= 0.3 is 0 Å². The Bertz CT molecular complexity index is 482. The van der Waals surface area contributed by atoms with Crippen LogP contribution in [0.25, 0.3) is 0 Å². The highest BCUT2D eigenvalue weighted by Crippen LogP contribution is 2.28. The number of rotatable bonds is 4. The highest BCUT2D eigenvalue weighted by atomic mass is 35.5. The van der Waals surface area contributed by atoms with Crippen molar-refractivity contribution in [3.8, 4) is 0 Å². The lowest BCUT2D eigenvalue weighted by atomic mass is 9.99. The van der Waals surface area contributed by atoms with E-state index < -0.39 is 0 Å². The minimum Gasteiger partial charge on any atom is -0.271 e. The summed E-state index contributed by atoms with van der Waals surface area (Å²) in [6.07, 6.45) is 0.850. The number of nitrogens with two attached hydrogens (primary N) is 1. The Balaban J connectivity index is 2.26. The fourth-order valence-corrected chi connectivity index (χ4v) is 2.78. The Kier molecular flexibility index (Phi) is 4.18. The third-order valence-corrected chi connectivity index (χ3v) is 4.07. The molecule has 0 amide bonds. The van der Waals surface area contributed by atoms with Crippen LogP contribution in [-0.2, 0) is 6.42 Å². The van der Waals surface area contributed by atoms with Gasteiger partial charge in [-0.3, -0.25) is 11.3 Å². The molecule has 1 aromatic heterocycles. The number of hydrogen-bond acceptors (Lipinski definition) is 3. The lowest BCUT2D eigenvalue weighted by molar-refractivity contribution is 0.552. The topological polar surface area (TPSA) is 38.0 Å². The van der Waals surface area contributed by atoms with Crippen LogP contribution in [0.5, 0.6) is 0 Å². The Morgan fingerprint density at radius 2 is 2.24 bits per heavy atom. The van der Waals surface area contributed by atoms with Crippen LogP contribution in [-0.4, -0.2) is 0 Å². The van der Waals surface area contributed by atoms with Crippen molar-refractivity contribution >= 4 is 22.9 Å². The molecule has 1 aromatic carbocycles. The first-order chi connectivity index (χ1) is 8.22. The molecule has 90 valence electrons. The van der Waals surface area contributed by atoms with Gasteiger partial charge in [0.25, 0.3) is 0 Å². The van der Waals surface area contributed by atoms with Crippen LogP contribution in [0.2, 0.25) is 5.02 Å². The van der Waals surface area contributed by atoms with Crippen molar-refractivity contribution in [1.29, 1.82) is 0 Å². The maximum atomic E-state index is 6.31. The molecule has 1 heterocycles. The number of halogens is 1. The van der Waals surface area contributed by atoms with E-state index in [2.05, 4.69) is 22.3 Å². The van der Waals surface area contributed by atoms with Crippen LogP contribution in [0.4, 0.5) is 0 Å². The highest BCUT2D eigenvalue weighted by Gasteiger charge is 2.15. The van der Waals surface area contributed by atoms with E-state index in [1.54, 1.807) is 11.3 Å². The van der Waals surface area contributed by atoms with E-state index in [4.69, 9.17) is 17.4 Å². The van der Waals surface area contributed by atoms with Crippen molar-refractivity contribution in [3.05, 3.63) is 56.7 Å². The van der Waals surface area contributed by atoms with E-state index in [0.717, 1.165) is 22.6 Å². The number of benzene rings is 1. The fourth-order valence-electron chi connectivity index (χ4n) is 1.84. The molecule has 3 N–H and O–H groups in total. The summed E-state index contributed by atoms with van der Waals surface area (Å²) in [7, 11) is 0. The molecule has 0 aliphatic rings. The van der Waals surface area contributed by atoms with Crippen molar-refractivity contribution in [2.45, 2.75) is 19.4 Å². The van der Waals surface area contributed by atoms with Crippen LogP contribution in [0.3, 0.4) is 0 Å². The van der Waals surface area contributed by atoms with Crippen LogP contribution < -0.4 is 11.3 Å². The monoisotopic (exact) mass is 266 g/mol. The normalized spacial score (nSPS) is 12.6. The smallest absolute Gasteiger partial charge is 0.0515 e. The largest absolute Gasteiger partial charge is 0.271 e. The molecule has 0 saturated carbocycles. The summed E-state index contributed by atoms with van der Waals surface area (Å²) in [5.74, 6) is 5.64. The Morgan fingerprint density at radius 3 is 2.88 bits per heavy atom. The molecule has 0 fully saturated rings. The molecule has 2 nitrogen and oxygen atoms in total. The van der Waals surface area contributed by atoms with E-state index in [0.29, 0.717) is 0 Å². The summed E-state index contributed by atoms with van der Waals surface area (Å²) in [6.45, 7) is 2.00. The molecule has 0 saturated heterocycles. The summed E-state index contributed by atoms with van der Waals surface area (Å²) >= 11 is 8.01. The predicted octanol–water partition coefficient (Wildman–Crippen LogP) is 3.46. The first kappa shape index (κ1) is 12.6. The molecule has 4 heteroatoms. The van der Waals surface area contributed by atoms with Gasteiger partial charge in [-0.1, -0.05) is 29.8 Å². The lowest BCUT2D eigenvalue weighted by Crippen LogP contribution is -2.29. The molecule has 1 unspecified atom stereocenters. The van der Waals surface area contributed by atoms with Gasteiger partial charge < -0.3 is 0 Å². The van der Waals surface area contributed by atoms with Gasteiger partial charge in [0, 0.05) is 5.02 Å². The summed E-state index contributed by atoms with van der Waals surface area (Å²) in [6, 6.07) is 8.20.